The highest BCUT2D eigenvalue weighted by Gasteiger charge is 2.03. The summed E-state index contributed by atoms with van der Waals surface area (Å²) < 4.78 is 0. The molecule has 1 aromatic heterocycles. The van der Waals surface area contributed by atoms with Gasteiger partial charge in [0, 0.05) is 15.6 Å². The summed E-state index contributed by atoms with van der Waals surface area (Å²) in [5.41, 5.74) is 3.25. The predicted octanol–water partition coefficient (Wildman–Crippen LogP) is 4.33. The summed E-state index contributed by atoms with van der Waals surface area (Å²) in [4.78, 5) is 5.77. The molecule has 1 N–H and O–H groups in total. The fraction of sp³-hybridized carbons (Fsp3) is 0.308. The first-order valence-electron chi connectivity index (χ1n) is 5.49. The minimum absolute atomic E-state index is 0.749. The van der Waals surface area contributed by atoms with Gasteiger partial charge in [-0.05, 0) is 38.5 Å². The summed E-state index contributed by atoms with van der Waals surface area (Å²) in [5.74, 6) is 0. The lowest BCUT2D eigenvalue weighted by Crippen LogP contribution is -1.99. The summed E-state index contributed by atoms with van der Waals surface area (Å²) in [6, 6.07) is 6.00. The molecule has 90 valence electrons. The van der Waals surface area contributed by atoms with Crippen LogP contribution in [0.4, 0.5) is 5.69 Å². The van der Waals surface area contributed by atoms with Gasteiger partial charge in [0.25, 0.3) is 0 Å². The molecule has 0 unspecified atom stereocenters. The summed E-state index contributed by atoms with van der Waals surface area (Å²) >= 11 is 7.81. The highest BCUT2D eigenvalue weighted by molar-refractivity contribution is 7.11. The predicted molar refractivity (Wildman–Crippen MR) is 75.1 cm³/mol. The fourth-order valence-electron chi connectivity index (χ4n) is 1.50. The van der Waals surface area contributed by atoms with Crippen LogP contribution < -0.4 is 5.32 Å². The van der Waals surface area contributed by atoms with Crippen LogP contribution in [0.25, 0.3) is 0 Å². The number of rotatable bonds is 3. The number of aryl methyl sites for hydroxylation is 3. The maximum absolute atomic E-state index is 6.07. The van der Waals surface area contributed by atoms with Crippen LogP contribution in [-0.2, 0) is 6.54 Å². The molecule has 17 heavy (non-hydrogen) atoms. The molecule has 1 heterocycles. The monoisotopic (exact) mass is 266 g/mol. The molecule has 2 aromatic rings. The lowest BCUT2D eigenvalue weighted by atomic mass is 10.2. The van der Waals surface area contributed by atoms with E-state index in [0.717, 1.165) is 33.5 Å². The lowest BCUT2D eigenvalue weighted by Gasteiger charge is -2.05. The Bertz CT molecular complexity index is 515. The van der Waals surface area contributed by atoms with E-state index in [0.29, 0.717) is 0 Å². The van der Waals surface area contributed by atoms with Crippen LogP contribution in [0.5, 0.6) is 0 Å². The van der Waals surface area contributed by atoms with Gasteiger partial charge in [-0.1, -0.05) is 17.7 Å². The van der Waals surface area contributed by atoms with Crippen LogP contribution in [0.15, 0.2) is 18.2 Å². The summed E-state index contributed by atoms with van der Waals surface area (Å²) in [6.45, 7) is 6.88. The number of nitrogens with zero attached hydrogens (tertiary/aromatic N) is 1. The highest BCUT2D eigenvalue weighted by Crippen LogP contribution is 2.22. The minimum Gasteiger partial charge on any atom is -0.378 e. The second-order valence-corrected chi connectivity index (χ2v) is 5.76. The molecule has 1 aromatic carbocycles. The first kappa shape index (κ1) is 12.4. The Kier molecular flexibility index (Phi) is 3.69. The van der Waals surface area contributed by atoms with Gasteiger partial charge in [0.05, 0.1) is 12.2 Å². The first-order valence-corrected chi connectivity index (χ1v) is 6.68. The lowest BCUT2D eigenvalue weighted by molar-refractivity contribution is 1.07. The average molecular weight is 267 g/mol. The Labute approximate surface area is 111 Å². The number of aromatic nitrogens is 1. The Hall–Kier alpha value is -1.06. The first-order chi connectivity index (χ1) is 8.06. The van der Waals surface area contributed by atoms with Crippen LogP contribution in [0.2, 0.25) is 5.02 Å². The molecular weight excluding hydrogens is 252 g/mol. The van der Waals surface area contributed by atoms with E-state index >= 15 is 0 Å². The van der Waals surface area contributed by atoms with Gasteiger partial charge in [-0.3, -0.25) is 0 Å². The van der Waals surface area contributed by atoms with Crippen molar-refractivity contribution in [3.05, 3.63) is 44.4 Å². The van der Waals surface area contributed by atoms with E-state index in [4.69, 9.17) is 11.6 Å². The van der Waals surface area contributed by atoms with Gasteiger partial charge in [-0.2, -0.15) is 0 Å². The molecule has 0 saturated carbocycles. The molecule has 2 rings (SSSR count). The summed E-state index contributed by atoms with van der Waals surface area (Å²) in [5, 5.41) is 5.23. The van der Waals surface area contributed by atoms with Crippen molar-refractivity contribution in [1.82, 2.24) is 4.98 Å². The van der Waals surface area contributed by atoms with Gasteiger partial charge in [-0.25, -0.2) is 4.98 Å². The number of hydrogen-bond acceptors (Lipinski definition) is 3. The molecule has 2 nitrogen and oxygen atoms in total. The van der Waals surface area contributed by atoms with E-state index in [-0.39, 0.29) is 0 Å². The number of nitrogens with one attached hydrogen (secondary N) is 1. The van der Waals surface area contributed by atoms with E-state index in [2.05, 4.69) is 17.2 Å². The van der Waals surface area contributed by atoms with Crippen molar-refractivity contribution in [1.29, 1.82) is 0 Å². The normalized spacial score (nSPS) is 10.6. The van der Waals surface area contributed by atoms with Crippen LogP contribution in [0, 0.1) is 20.8 Å². The van der Waals surface area contributed by atoms with Crippen molar-refractivity contribution in [3.63, 3.8) is 0 Å². The van der Waals surface area contributed by atoms with Crippen molar-refractivity contribution < 1.29 is 0 Å². The van der Waals surface area contributed by atoms with E-state index in [1.54, 1.807) is 11.3 Å². The van der Waals surface area contributed by atoms with Crippen molar-refractivity contribution in [3.8, 4) is 0 Å². The Morgan fingerprint density at radius 1 is 1.29 bits per heavy atom. The topological polar surface area (TPSA) is 24.9 Å². The number of thiazole rings is 1. The molecule has 0 amide bonds. The van der Waals surface area contributed by atoms with E-state index in [1.165, 1.54) is 4.88 Å². The van der Waals surface area contributed by atoms with Gasteiger partial charge in [0.15, 0.2) is 0 Å². The largest absolute Gasteiger partial charge is 0.378 e. The van der Waals surface area contributed by atoms with E-state index < -0.39 is 0 Å². The quantitative estimate of drug-likeness (QED) is 0.894. The van der Waals surface area contributed by atoms with Crippen LogP contribution in [-0.4, -0.2) is 4.98 Å². The minimum atomic E-state index is 0.749. The second-order valence-electron chi connectivity index (χ2n) is 4.07. The SMILES string of the molecule is Cc1ccc(NCc2nc(C)c(C)s2)cc1Cl. The molecule has 4 heteroatoms. The van der Waals surface area contributed by atoms with Gasteiger partial charge < -0.3 is 5.32 Å². The van der Waals surface area contributed by atoms with Gasteiger partial charge in [-0.15, -0.1) is 11.3 Å². The molecule has 0 radical (unpaired) electrons. The summed E-state index contributed by atoms with van der Waals surface area (Å²) in [7, 11) is 0. The Balaban J connectivity index is 2.04. The zero-order chi connectivity index (χ0) is 12.4. The Morgan fingerprint density at radius 3 is 2.65 bits per heavy atom. The highest BCUT2D eigenvalue weighted by atomic mass is 35.5. The van der Waals surface area contributed by atoms with Gasteiger partial charge in [0.2, 0.25) is 0 Å². The molecule has 0 atom stereocenters. The third kappa shape index (κ3) is 2.99. The molecule has 0 bridgehead atoms. The summed E-state index contributed by atoms with van der Waals surface area (Å²) in [6.07, 6.45) is 0. The molecule has 0 saturated heterocycles. The van der Waals surface area contributed by atoms with Crippen molar-refractivity contribution in [2.24, 2.45) is 0 Å². The van der Waals surface area contributed by atoms with Crippen LogP contribution >= 0.6 is 22.9 Å². The number of halogens is 1. The fourth-order valence-corrected chi connectivity index (χ4v) is 2.55. The van der Waals surface area contributed by atoms with Crippen molar-refractivity contribution in [2.45, 2.75) is 27.3 Å². The second kappa shape index (κ2) is 5.07. The molecule has 0 aliphatic carbocycles. The molecule has 0 spiro atoms. The van der Waals surface area contributed by atoms with Crippen molar-refractivity contribution in [2.75, 3.05) is 5.32 Å². The molecule has 0 aliphatic rings. The van der Waals surface area contributed by atoms with Gasteiger partial charge in [0.1, 0.15) is 5.01 Å². The maximum Gasteiger partial charge on any atom is 0.112 e. The molecule has 0 fully saturated rings. The maximum atomic E-state index is 6.07. The third-order valence-corrected chi connectivity index (χ3v) is 4.17. The van der Waals surface area contributed by atoms with Crippen LogP contribution in [0.1, 0.15) is 21.1 Å². The average Bonchev–Trinajstić information content (AvgIpc) is 2.60. The third-order valence-electron chi connectivity index (χ3n) is 2.69. The smallest absolute Gasteiger partial charge is 0.112 e. The standard InChI is InChI=1S/C13H15ClN2S/c1-8-4-5-11(6-12(8)14)15-7-13-16-9(2)10(3)17-13/h4-6,15H,7H2,1-3H3. The number of benzene rings is 1. The Morgan fingerprint density at radius 2 is 2.06 bits per heavy atom. The van der Waals surface area contributed by atoms with Crippen molar-refractivity contribution >= 4 is 28.6 Å². The zero-order valence-electron chi connectivity index (χ0n) is 10.2. The number of anilines is 1. The van der Waals surface area contributed by atoms with E-state index in [1.807, 2.05) is 32.0 Å². The zero-order valence-corrected chi connectivity index (χ0v) is 11.7. The van der Waals surface area contributed by atoms with Gasteiger partial charge >= 0.3 is 0 Å². The molecular formula is C13H15ClN2S. The molecule has 0 aliphatic heterocycles. The van der Waals surface area contributed by atoms with Crippen LogP contribution in [0.3, 0.4) is 0 Å². The number of hydrogen-bond donors (Lipinski definition) is 1. The van der Waals surface area contributed by atoms with E-state index in [9.17, 15) is 0 Å².